The normalized spacial score (nSPS) is 15.0. The molecule has 0 saturated carbocycles. The first-order valence-corrected chi connectivity index (χ1v) is 9.01. The van der Waals surface area contributed by atoms with Crippen molar-refractivity contribution in [3.8, 4) is 0 Å². The van der Waals surface area contributed by atoms with Crippen LogP contribution in [0.4, 0.5) is 0 Å². The van der Waals surface area contributed by atoms with E-state index in [1.54, 1.807) is 13.1 Å². The van der Waals surface area contributed by atoms with Crippen LogP contribution in [0.2, 0.25) is 0 Å². The first-order valence-electron chi connectivity index (χ1n) is 9.01. The van der Waals surface area contributed by atoms with Crippen LogP contribution in [0.3, 0.4) is 0 Å². The SMILES string of the molecule is CC(=O)N(C)C(C)C(=O)N[C@H](C(=O)O)C(CC(C)(C)C)c1cnc(C)n1C. The molecule has 0 bridgehead atoms. The number of carboxylic acid groups (broad SMARTS) is 1. The number of carboxylic acids is 1. The van der Waals surface area contributed by atoms with Crippen LogP contribution in [0.1, 0.15) is 58.5 Å². The maximum absolute atomic E-state index is 12.6. The second kappa shape index (κ2) is 8.54. The Labute approximate surface area is 160 Å². The average molecular weight is 380 g/mol. The summed E-state index contributed by atoms with van der Waals surface area (Å²) in [7, 11) is 3.35. The minimum Gasteiger partial charge on any atom is -0.480 e. The Morgan fingerprint density at radius 3 is 2.26 bits per heavy atom. The van der Waals surface area contributed by atoms with Crippen LogP contribution in [-0.4, -0.2) is 56.5 Å². The van der Waals surface area contributed by atoms with Gasteiger partial charge in [-0.05, 0) is 25.7 Å². The molecule has 1 heterocycles. The molecule has 0 fully saturated rings. The molecule has 2 unspecified atom stereocenters. The molecule has 0 aromatic carbocycles. The molecule has 8 heteroatoms. The molecule has 0 aliphatic carbocycles. The zero-order chi connectivity index (χ0) is 21.1. The Morgan fingerprint density at radius 2 is 1.89 bits per heavy atom. The minimum atomic E-state index is -1.13. The highest BCUT2D eigenvalue weighted by Crippen LogP contribution is 2.34. The maximum atomic E-state index is 12.6. The summed E-state index contributed by atoms with van der Waals surface area (Å²) in [6.07, 6.45) is 2.21. The fourth-order valence-corrected chi connectivity index (χ4v) is 2.97. The Hall–Kier alpha value is -2.38. The van der Waals surface area contributed by atoms with Gasteiger partial charge in [0.25, 0.3) is 0 Å². The number of likely N-dealkylation sites (N-methyl/N-ethyl adjacent to an activating group) is 1. The molecule has 0 saturated heterocycles. The van der Waals surface area contributed by atoms with Gasteiger partial charge >= 0.3 is 5.97 Å². The average Bonchev–Trinajstić information content (AvgIpc) is 2.87. The highest BCUT2D eigenvalue weighted by Gasteiger charge is 2.37. The van der Waals surface area contributed by atoms with Gasteiger partial charge in [-0.1, -0.05) is 20.8 Å². The van der Waals surface area contributed by atoms with E-state index in [0.717, 1.165) is 11.5 Å². The van der Waals surface area contributed by atoms with Crippen LogP contribution in [0.25, 0.3) is 0 Å². The molecule has 152 valence electrons. The summed E-state index contributed by atoms with van der Waals surface area (Å²) in [6.45, 7) is 10.8. The molecular weight excluding hydrogens is 348 g/mol. The van der Waals surface area contributed by atoms with E-state index in [2.05, 4.69) is 10.3 Å². The van der Waals surface area contributed by atoms with Gasteiger partial charge in [0.05, 0.1) is 0 Å². The second-order valence-electron chi connectivity index (χ2n) is 8.29. The van der Waals surface area contributed by atoms with E-state index in [1.807, 2.05) is 39.3 Å². The fourth-order valence-electron chi connectivity index (χ4n) is 2.97. The molecule has 1 rings (SSSR count). The molecule has 8 nitrogen and oxygen atoms in total. The smallest absolute Gasteiger partial charge is 0.326 e. The lowest BCUT2D eigenvalue weighted by Gasteiger charge is -2.32. The van der Waals surface area contributed by atoms with Crippen molar-refractivity contribution in [2.24, 2.45) is 12.5 Å². The number of aromatic nitrogens is 2. The number of rotatable bonds is 7. The van der Waals surface area contributed by atoms with E-state index < -0.39 is 29.9 Å². The van der Waals surface area contributed by atoms with Crippen molar-refractivity contribution in [1.29, 1.82) is 0 Å². The van der Waals surface area contributed by atoms with Crippen molar-refractivity contribution in [2.75, 3.05) is 7.05 Å². The fraction of sp³-hybridized carbons (Fsp3) is 0.684. The first kappa shape index (κ1) is 22.7. The number of nitrogens with one attached hydrogen (secondary N) is 1. The number of amides is 2. The van der Waals surface area contributed by atoms with E-state index in [-0.39, 0.29) is 11.3 Å². The van der Waals surface area contributed by atoms with Crippen molar-refractivity contribution in [3.63, 3.8) is 0 Å². The lowest BCUT2D eigenvalue weighted by atomic mass is 9.79. The molecule has 27 heavy (non-hydrogen) atoms. The van der Waals surface area contributed by atoms with Crippen LogP contribution in [-0.2, 0) is 21.4 Å². The molecular formula is C19H32N4O4. The minimum absolute atomic E-state index is 0.164. The Bertz CT molecular complexity index is 705. The highest BCUT2D eigenvalue weighted by molar-refractivity contribution is 5.90. The van der Waals surface area contributed by atoms with Gasteiger partial charge in [0, 0.05) is 38.8 Å². The van der Waals surface area contributed by atoms with Gasteiger partial charge in [0.1, 0.15) is 17.9 Å². The third-order valence-corrected chi connectivity index (χ3v) is 4.89. The van der Waals surface area contributed by atoms with Gasteiger partial charge in [-0.2, -0.15) is 0 Å². The van der Waals surface area contributed by atoms with Crippen molar-refractivity contribution in [3.05, 3.63) is 17.7 Å². The number of hydrogen-bond donors (Lipinski definition) is 2. The number of aliphatic carboxylic acids is 1. The molecule has 2 amide bonds. The van der Waals surface area contributed by atoms with Gasteiger partial charge < -0.3 is 19.9 Å². The van der Waals surface area contributed by atoms with Crippen LogP contribution in [0.5, 0.6) is 0 Å². The summed E-state index contributed by atoms with van der Waals surface area (Å²) >= 11 is 0. The predicted molar refractivity (Wildman–Crippen MR) is 102 cm³/mol. The maximum Gasteiger partial charge on any atom is 0.326 e. The van der Waals surface area contributed by atoms with E-state index in [9.17, 15) is 19.5 Å². The van der Waals surface area contributed by atoms with Gasteiger partial charge in [0.2, 0.25) is 11.8 Å². The summed E-state index contributed by atoms with van der Waals surface area (Å²) in [5, 5.41) is 12.5. The number of carbonyl (C=O) groups excluding carboxylic acids is 2. The topological polar surface area (TPSA) is 105 Å². The number of carbonyl (C=O) groups is 3. The zero-order valence-corrected chi connectivity index (χ0v) is 17.5. The molecule has 2 N–H and O–H groups in total. The molecule has 1 aromatic rings. The highest BCUT2D eigenvalue weighted by atomic mass is 16.4. The van der Waals surface area contributed by atoms with E-state index >= 15 is 0 Å². The molecule has 0 radical (unpaired) electrons. The lowest BCUT2D eigenvalue weighted by molar-refractivity contribution is -0.144. The monoisotopic (exact) mass is 380 g/mol. The van der Waals surface area contributed by atoms with Crippen LogP contribution >= 0.6 is 0 Å². The van der Waals surface area contributed by atoms with Crippen molar-refractivity contribution < 1.29 is 19.5 Å². The van der Waals surface area contributed by atoms with Crippen LogP contribution < -0.4 is 5.32 Å². The van der Waals surface area contributed by atoms with E-state index in [0.29, 0.717) is 6.42 Å². The first-order chi connectivity index (χ1) is 12.3. The number of aryl methyl sites for hydroxylation is 1. The van der Waals surface area contributed by atoms with Crippen molar-refractivity contribution in [1.82, 2.24) is 19.8 Å². The second-order valence-corrected chi connectivity index (χ2v) is 8.29. The number of hydrogen-bond acceptors (Lipinski definition) is 4. The van der Waals surface area contributed by atoms with E-state index in [1.165, 1.54) is 18.9 Å². The largest absolute Gasteiger partial charge is 0.480 e. The number of nitrogens with zero attached hydrogens (tertiary/aromatic N) is 3. The van der Waals surface area contributed by atoms with Crippen molar-refractivity contribution in [2.45, 2.75) is 66.0 Å². The molecule has 0 aliphatic heterocycles. The lowest BCUT2D eigenvalue weighted by Crippen LogP contribution is -2.53. The number of imidazole rings is 1. The van der Waals surface area contributed by atoms with Gasteiger partial charge in [-0.15, -0.1) is 0 Å². The van der Waals surface area contributed by atoms with Gasteiger partial charge in [0.15, 0.2) is 0 Å². The van der Waals surface area contributed by atoms with Crippen molar-refractivity contribution >= 4 is 17.8 Å². The quantitative estimate of drug-likeness (QED) is 0.749. The predicted octanol–water partition coefficient (Wildman–Crippen LogP) is 1.68. The molecule has 0 aliphatic rings. The zero-order valence-electron chi connectivity index (χ0n) is 17.5. The molecule has 3 atom stereocenters. The van der Waals surface area contributed by atoms with Crippen LogP contribution in [0, 0.1) is 12.3 Å². The Morgan fingerprint density at radius 1 is 1.33 bits per heavy atom. The molecule has 1 aromatic heterocycles. The molecule has 0 spiro atoms. The summed E-state index contributed by atoms with van der Waals surface area (Å²) in [4.78, 5) is 41.7. The van der Waals surface area contributed by atoms with Gasteiger partial charge in [-0.3, -0.25) is 9.59 Å². The summed E-state index contributed by atoms with van der Waals surface area (Å²) in [5.74, 6) is -1.58. The standard InChI is InChI=1S/C19H32N4O4/c1-11(22(7)13(3)24)17(25)21-16(18(26)27)14(9-19(4,5)6)15-10-20-12(2)23(15)8/h10-11,14,16H,9H2,1-8H3,(H,21,25)(H,26,27)/t11?,14?,16-/m0/s1. The summed E-state index contributed by atoms with van der Waals surface area (Å²) in [5.41, 5.74) is 0.589. The summed E-state index contributed by atoms with van der Waals surface area (Å²) < 4.78 is 1.85. The third-order valence-electron chi connectivity index (χ3n) is 4.89. The summed E-state index contributed by atoms with van der Waals surface area (Å²) in [6, 6.07) is -1.90. The third kappa shape index (κ3) is 5.80. The Kier molecular flexibility index (Phi) is 7.17. The van der Waals surface area contributed by atoms with E-state index in [4.69, 9.17) is 0 Å². The van der Waals surface area contributed by atoms with Gasteiger partial charge in [-0.25, -0.2) is 9.78 Å². The van der Waals surface area contributed by atoms with Crippen LogP contribution in [0.15, 0.2) is 6.20 Å². The Balaban J connectivity index is 3.24.